The number of hydrogen-bond donors (Lipinski definition) is 0. The molecule has 89 valence electrons. The Morgan fingerprint density at radius 3 is 2.61 bits per heavy atom. The Labute approximate surface area is 104 Å². The summed E-state index contributed by atoms with van der Waals surface area (Å²) in [5.41, 5.74) is 0.614. The Morgan fingerprint density at radius 2 is 1.83 bits per heavy atom. The quantitative estimate of drug-likeness (QED) is 0.696. The van der Waals surface area contributed by atoms with Gasteiger partial charge < -0.3 is 0 Å². The maximum Gasteiger partial charge on any atom is 0.223 e. The van der Waals surface area contributed by atoms with Crippen LogP contribution in [0.3, 0.4) is 0 Å². The topological polar surface area (TPSA) is 64.3 Å². The van der Waals surface area contributed by atoms with E-state index in [2.05, 4.69) is 16.4 Å². The minimum atomic E-state index is -3.57. The lowest BCUT2D eigenvalue weighted by molar-refractivity contribution is 0.587. The molecule has 0 atom stereocenters. The molecule has 18 heavy (non-hydrogen) atoms. The van der Waals surface area contributed by atoms with Crippen molar-refractivity contribution >= 4 is 15.4 Å². The molecule has 1 radical (unpaired) electrons. The third-order valence-corrected chi connectivity index (χ3v) is 4.33. The van der Waals surface area contributed by atoms with Crippen LogP contribution in [0.25, 0.3) is 5.52 Å². The molecule has 0 saturated heterocycles. The average molecular weight is 258 g/mol. The molecule has 0 aliphatic carbocycles. The van der Waals surface area contributed by atoms with Gasteiger partial charge in [-0.1, -0.05) is 18.2 Å². The molecule has 0 amide bonds. The number of sulfone groups is 1. The Balaban J connectivity index is 2.27. The molecule has 6 heteroatoms. The van der Waals surface area contributed by atoms with Crippen LogP contribution in [-0.4, -0.2) is 23.0 Å². The van der Waals surface area contributed by atoms with Crippen LogP contribution in [0.5, 0.6) is 0 Å². The molecule has 0 N–H and O–H groups in total. The molecule has 0 spiro atoms. The fourth-order valence-electron chi connectivity index (χ4n) is 1.72. The van der Waals surface area contributed by atoms with E-state index in [4.69, 9.17) is 0 Å². The van der Waals surface area contributed by atoms with Crippen molar-refractivity contribution in [3.8, 4) is 0 Å². The zero-order valence-corrected chi connectivity index (χ0v) is 10.0. The van der Waals surface area contributed by atoms with Crippen molar-refractivity contribution < 1.29 is 8.42 Å². The Bertz CT molecular complexity index is 794. The predicted molar refractivity (Wildman–Crippen MR) is 63.7 cm³/mol. The van der Waals surface area contributed by atoms with Crippen molar-refractivity contribution in [3.05, 3.63) is 55.0 Å². The van der Waals surface area contributed by atoms with Gasteiger partial charge in [0, 0.05) is 0 Å². The molecule has 0 unspecified atom stereocenters. The van der Waals surface area contributed by atoms with E-state index in [1.54, 1.807) is 36.4 Å². The van der Waals surface area contributed by atoms with Gasteiger partial charge in [-0.15, -0.1) is 5.10 Å². The number of nitrogens with zero attached hydrogens (tertiary/aromatic N) is 3. The first-order valence-electron chi connectivity index (χ1n) is 5.20. The van der Waals surface area contributed by atoms with Gasteiger partial charge in [0.2, 0.25) is 16.2 Å². The maximum atomic E-state index is 12.4. The fraction of sp³-hybridized carbons (Fsp3) is 0. The van der Waals surface area contributed by atoms with E-state index in [-0.39, 0.29) is 9.92 Å². The highest BCUT2D eigenvalue weighted by atomic mass is 32.2. The summed E-state index contributed by atoms with van der Waals surface area (Å²) in [6.45, 7) is 0. The maximum absolute atomic E-state index is 12.4. The first kappa shape index (κ1) is 10.9. The zero-order chi connectivity index (χ0) is 12.6. The summed E-state index contributed by atoms with van der Waals surface area (Å²) < 4.78 is 26.1. The number of rotatable bonds is 2. The normalized spacial score (nSPS) is 11.8. The van der Waals surface area contributed by atoms with Gasteiger partial charge >= 0.3 is 0 Å². The first-order valence-corrected chi connectivity index (χ1v) is 6.69. The Hall–Kier alpha value is -2.21. The van der Waals surface area contributed by atoms with E-state index >= 15 is 0 Å². The molecule has 5 nitrogen and oxygen atoms in total. The third kappa shape index (κ3) is 1.58. The number of benzene rings is 1. The minimum absolute atomic E-state index is 0.113. The predicted octanol–water partition coefficient (Wildman–Crippen LogP) is 1.36. The molecule has 3 aromatic rings. The number of aromatic nitrogens is 3. The van der Waals surface area contributed by atoms with Crippen LogP contribution in [0, 0.1) is 6.33 Å². The van der Waals surface area contributed by atoms with Gasteiger partial charge in [-0.25, -0.2) is 17.9 Å². The minimum Gasteiger partial charge on any atom is -0.230 e. The number of hydrogen-bond acceptors (Lipinski definition) is 4. The summed E-state index contributed by atoms with van der Waals surface area (Å²) >= 11 is 0. The van der Waals surface area contributed by atoms with Gasteiger partial charge in [0.1, 0.15) is 0 Å². The second-order valence-corrected chi connectivity index (χ2v) is 5.58. The molecule has 0 aliphatic heterocycles. The highest BCUT2D eigenvalue weighted by Crippen LogP contribution is 2.21. The third-order valence-electron chi connectivity index (χ3n) is 2.58. The summed E-state index contributed by atoms with van der Waals surface area (Å²) in [4.78, 5) is 3.97. The van der Waals surface area contributed by atoms with Crippen molar-refractivity contribution in [2.75, 3.05) is 0 Å². The molecule has 0 bridgehead atoms. The highest BCUT2D eigenvalue weighted by molar-refractivity contribution is 7.91. The SMILES string of the molecule is O=S(=O)(c1ccccc1)c1ccc2cn[c]nn12. The molecule has 3 rings (SSSR count). The van der Waals surface area contributed by atoms with Crippen LogP contribution >= 0.6 is 0 Å². The van der Waals surface area contributed by atoms with Gasteiger partial charge in [0.25, 0.3) is 0 Å². The van der Waals surface area contributed by atoms with Crippen LogP contribution in [0.1, 0.15) is 0 Å². The molecular formula is C12H8N3O2S. The molecule has 0 aliphatic rings. The second-order valence-electron chi connectivity index (χ2n) is 3.68. The van der Waals surface area contributed by atoms with Crippen molar-refractivity contribution in [1.82, 2.24) is 14.6 Å². The zero-order valence-electron chi connectivity index (χ0n) is 9.19. The Morgan fingerprint density at radius 1 is 1.06 bits per heavy atom. The van der Waals surface area contributed by atoms with Crippen LogP contribution < -0.4 is 0 Å². The van der Waals surface area contributed by atoms with E-state index in [9.17, 15) is 8.42 Å². The summed E-state index contributed by atoms with van der Waals surface area (Å²) in [6, 6.07) is 11.4. The van der Waals surface area contributed by atoms with Crippen LogP contribution in [0.4, 0.5) is 0 Å². The van der Waals surface area contributed by atoms with Crippen molar-refractivity contribution in [2.45, 2.75) is 9.92 Å². The van der Waals surface area contributed by atoms with E-state index in [0.717, 1.165) is 0 Å². The van der Waals surface area contributed by atoms with Gasteiger partial charge in [-0.3, -0.25) is 0 Å². The molecule has 2 aromatic heterocycles. The molecule has 0 saturated carbocycles. The van der Waals surface area contributed by atoms with Crippen LogP contribution in [0.15, 0.2) is 58.6 Å². The molecular weight excluding hydrogens is 250 g/mol. The van der Waals surface area contributed by atoms with E-state index in [0.29, 0.717) is 5.52 Å². The van der Waals surface area contributed by atoms with Crippen molar-refractivity contribution in [2.24, 2.45) is 0 Å². The average Bonchev–Trinajstić information content (AvgIpc) is 2.84. The van der Waals surface area contributed by atoms with Gasteiger partial charge in [-0.05, 0) is 24.3 Å². The van der Waals surface area contributed by atoms with Crippen molar-refractivity contribution in [3.63, 3.8) is 0 Å². The number of fused-ring (bicyclic) bond motifs is 1. The summed E-state index contributed by atoms with van der Waals surface area (Å²) in [6.07, 6.45) is 3.89. The standard InChI is InChI=1S/C12H8N3O2S/c16-18(17,11-4-2-1-3-5-11)12-7-6-10-8-13-9-14-15(10)12/h1-8H. The van der Waals surface area contributed by atoms with Gasteiger partial charge in [0.15, 0.2) is 5.03 Å². The smallest absolute Gasteiger partial charge is 0.223 e. The summed E-state index contributed by atoms with van der Waals surface area (Å²) in [5, 5.41) is 3.95. The molecule has 1 aromatic carbocycles. The summed E-state index contributed by atoms with van der Waals surface area (Å²) in [5.74, 6) is 0. The van der Waals surface area contributed by atoms with E-state index < -0.39 is 9.84 Å². The van der Waals surface area contributed by atoms with E-state index in [1.807, 2.05) is 0 Å². The summed E-state index contributed by atoms with van der Waals surface area (Å²) in [7, 11) is -3.57. The molecule has 2 heterocycles. The highest BCUT2D eigenvalue weighted by Gasteiger charge is 2.21. The molecule has 0 fully saturated rings. The van der Waals surface area contributed by atoms with Crippen molar-refractivity contribution in [1.29, 1.82) is 0 Å². The first-order chi connectivity index (χ1) is 8.69. The second kappa shape index (κ2) is 3.92. The van der Waals surface area contributed by atoms with Crippen LogP contribution in [-0.2, 0) is 9.84 Å². The lowest BCUT2D eigenvalue weighted by Crippen LogP contribution is -2.07. The Kier molecular flexibility index (Phi) is 2.38. The van der Waals surface area contributed by atoms with Crippen LogP contribution in [0.2, 0.25) is 0 Å². The lowest BCUT2D eigenvalue weighted by atomic mass is 10.4. The van der Waals surface area contributed by atoms with Gasteiger partial charge in [-0.2, -0.15) is 0 Å². The lowest BCUT2D eigenvalue weighted by Gasteiger charge is -2.03. The largest absolute Gasteiger partial charge is 0.230 e. The van der Waals surface area contributed by atoms with E-state index in [1.165, 1.54) is 16.8 Å². The fourth-order valence-corrected chi connectivity index (χ4v) is 3.10. The van der Waals surface area contributed by atoms with Gasteiger partial charge in [0.05, 0.1) is 16.6 Å². The monoisotopic (exact) mass is 258 g/mol.